The minimum absolute atomic E-state index is 0.167. The first-order chi connectivity index (χ1) is 21.8. The zero-order valence-electron chi connectivity index (χ0n) is 28.4. The largest absolute Gasteiger partial charge is 0.481 e. The molecule has 2 unspecified atom stereocenters. The number of aliphatic carboxylic acids is 1. The normalized spacial score (nSPS) is 13.8. The van der Waals surface area contributed by atoms with Crippen LogP contribution in [-0.2, 0) is 19.1 Å². The fraction of sp³-hybridized carbons (Fsp3) is 0.600. The molecule has 0 spiro atoms. The van der Waals surface area contributed by atoms with Gasteiger partial charge in [0, 0.05) is 18.8 Å². The van der Waals surface area contributed by atoms with Crippen LogP contribution in [0.15, 0.2) is 28.4 Å². The van der Waals surface area contributed by atoms with E-state index in [1.54, 1.807) is 6.92 Å². The van der Waals surface area contributed by atoms with E-state index in [2.05, 4.69) is 54.1 Å². The SMILES string of the molecule is CCCCCCN(CCC(C)(CC)OCC(C)(CC)OC(=O)CCC(=O)O)c1ccc(/N=N/c2sc(C#N)c(C)c2C#N)c(C)c1. The highest BCUT2D eigenvalue weighted by molar-refractivity contribution is 7.16. The monoisotopic (exact) mass is 651 g/mol. The van der Waals surface area contributed by atoms with Crippen molar-refractivity contribution >= 4 is 39.7 Å². The zero-order valence-corrected chi connectivity index (χ0v) is 29.3. The average molecular weight is 652 g/mol. The number of nitrogens with zero attached hydrogens (tertiary/aromatic N) is 5. The third kappa shape index (κ3) is 11.5. The standard InChI is InChI=1S/C35H49N5O5S/c1-8-11-12-13-19-40(20-18-34(6,9-2)44-24-35(7,10-3)45-32(43)17-16-31(41)42)27-14-15-29(25(4)21-27)38-39-33-28(22-36)26(5)30(23-37)46-33/h14-15,21H,8-13,16-20,24H2,1-7H3,(H,41,42)/b39-38+. The first-order valence-electron chi connectivity index (χ1n) is 16.1. The molecule has 2 aromatic rings. The van der Waals surface area contributed by atoms with Crippen LogP contribution < -0.4 is 4.90 Å². The highest BCUT2D eigenvalue weighted by Crippen LogP contribution is 2.36. The zero-order chi connectivity index (χ0) is 34.3. The number of carbonyl (C=O) groups excluding carboxylic acids is 1. The summed E-state index contributed by atoms with van der Waals surface area (Å²) in [6, 6.07) is 10.3. The molecular weight excluding hydrogens is 602 g/mol. The maximum absolute atomic E-state index is 12.3. The summed E-state index contributed by atoms with van der Waals surface area (Å²) < 4.78 is 12.1. The van der Waals surface area contributed by atoms with E-state index in [0.717, 1.165) is 56.4 Å². The number of ether oxygens (including phenoxy) is 2. The lowest BCUT2D eigenvalue weighted by molar-refractivity contribution is -0.174. The molecule has 0 bridgehead atoms. The lowest BCUT2D eigenvalue weighted by atomic mass is 9.96. The van der Waals surface area contributed by atoms with Crippen molar-refractivity contribution in [2.45, 2.75) is 117 Å². The van der Waals surface area contributed by atoms with Crippen LogP contribution in [0.3, 0.4) is 0 Å². The summed E-state index contributed by atoms with van der Waals surface area (Å²) in [5.41, 5.74) is 2.43. The van der Waals surface area contributed by atoms with Crippen molar-refractivity contribution in [3.63, 3.8) is 0 Å². The number of carboxylic acids is 1. The molecule has 11 heteroatoms. The lowest BCUT2D eigenvalue weighted by Gasteiger charge is -2.37. The van der Waals surface area contributed by atoms with Crippen molar-refractivity contribution in [3.05, 3.63) is 39.8 Å². The average Bonchev–Trinajstić information content (AvgIpc) is 3.35. The molecule has 0 saturated carbocycles. The van der Waals surface area contributed by atoms with Gasteiger partial charge in [0.1, 0.15) is 22.6 Å². The number of esters is 1. The van der Waals surface area contributed by atoms with Gasteiger partial charge in [-0.3, -0.25) is 9.59 Å². The number of azo groups is 1. The molecule has 0 aliphatic rings. The predicted octanol–water partition coefficient (Wildman–Crippen LogP) is 9.06. The van der Waals surface area contributed by atoms with Crippen molar-refractivity contribution in [2.24, 2.45) is 10.2 Å². The van der Waals surface area contributed by atoms with Crippen molar-refractivity contribution in [3.8, 4) is 12.1 Å². The van der Waals surface area contributed by atoms with Crippen LogP contribution in [0.4, 0.5) is 16.4 Å². The maximum Gasteiger partial charge on any atom is 0.306 e. The molecule has 1 aromatic carbocycles. The van der Waals surface area contributed by atoms with Crippen molar-refractivity contribution < 1.29 is 24.2 Å². The second-order valence-electron chi connectivity index (χ2n) is 12.2. The molecule has 0 amide bonds. The Morgan fingerprint density at radius 2 is 1.70 bits per heavy atom. The lowest BCUT2D eigenvalue weighted by Crippen LogP contribution is -2.42. The molecule has 46 heavy (non-hydrogen) atoms. The van der Waals surface area contributed by atoms with Crippen LogP contribution in [0.1, 0.15) is 114 Å². The minimum atomic E-state index is -1.03. The first-order valence-corrected chi connectivity index (χ1v) is 16.9. The Bertz CT molecular complexity index is 1440. The Hall–Kier alpha value is -3.80. The Labute approximate surface area is 278 Å². The molecule has 0 saturated heterocycles. The molecule has 1 N–H and O–H groups in total. The van der Waals surface area contributed by atoms with Crippen LogP contribution in [0.25, 0.3) is 0 Å². The van der Waals surface area contributed by atoms with E-state index in [1.807, 2.05) is 32.9 Å². The Morgan fingerprint density at radius 1 is 0.978 bits per heavy atom. The van der Waals surface area contributed by atoms with Gasteiger partial charge in [-0.25, -0.2) is 0 Å². The van der Waals surface area contributed by atoms with E-state index in [4.69, 9.17) is 14.6 Å². The number of unbranched alkanes of at least 4 members (excludes halogenated alkanes) is 3. The maximum atomic E-state index is 12.3. The molecule has 2 atom stereocenters. The number of nitriles is 2. The molecule has 250 valence electrons. The summed E-state index contributed by atoms with van der Waals surface area (Å²) in [6.07, 6.45) is 6.18. The number of hydrogen-bond acceptors (Lipinski definition) is 10. The van der Waals surface area contributed by atoms with E-state index >= 15 is 0 Å². The summed E-state index contributed by atoms with van der Waals surface area (Å²) in [5.74, 6) is -1.57. The Morgan fingerprint density at radius 3 is 2.28 bits per heavy atom. The number of rotatable bonds is 20. The fourth-order valence-corrected chi connectivity index (χ4v) is 5.62. The van der Waals surface area contributed by atoms with Gasteiger partial charge in [0.25, 0.3) is 0 Å². The summed E-state index contributed by atoms with van der Waals surface area (Å²) in [4.78, 5) is 26.0. The molecule has 0 aliphatic heterocycles. The van der Waals surface area contributed by atoms with Crippen LogP contribution in [0.5, 0.6) is 0 Å². The van der Waals surface area contributed by atoms with Crippen molar-refractivity contribution in [1.29, 1.82) is 10.5 Å². The van der Waals surface area contributed by atoms with Gasteiger partial charge in [0.2, 0.25) is 0 Å². The van der Waals surface area contributed by atoms with Gasteiger partial charge in [0.05, 0.1) is 36.3 Å². The second-order valence-corrected chi connectivity index (χ2v) is 13.2. The molecular formula is C35H49N5O5S. The van der Waals surface area contributed by atoms with Gasteiger partial charge < -0.3 is 19.5 Å². The highest BCUT2D eigenvalue weighted by Gasteiger charge is 2.32. The molecule has 0 fully saturated rings. The van der Waals surface area contributed by atoms with Gasteiger partial charge in [-0.15, -0.1) is 21.6 Å². The smallest absolute Gasteiger partial charge is 0.306 e. The number of aryl methyl sites for hydroxylation is 1. The molecule has 0 aliphatic carbocycles. The molecule has 1 aromatic heterocycles. The van der Waals surface area contributed by atoms with Crippen molar-refractivity contribution in [1.82, 2.24) is 0 Å². The van der Waals surface area contributed by atoms with E-state index in [9.17, 15) is 20.1 Å². The van der Waals surface area contributed by atoms with Crippen LogP contribution in [0, 0.1) is 36.5 Å². The summed E-state index contributed by atoms with van der Waals surface area (Å²) in [6.45, 7) is 15.7. The number of carbonyl (C=O) groups is 2. The predicted molar refractivity (Wildman–Crippen MR) is 181 cm³/mol. The highest BCUT2D eigenvalue weighted by atomic mass is 32.1. The van der Waals surface area contributed by atoms with Crippen LogP contribution in [0.2, 0.25) is 0 Å². The van der Waals surface area contributed by atoms with E-state index < -0.39 is 23.1 Å². The van der Waals surface area contributed by atoms with E-state index in [1.165, 1.54) is 17.8 Å². The van der Waals surface area contributed by atoms with Gasteiger partial charge in [0.15, 0.2) is 5.00 Å². The number of thiophene rings is 1. The topological polar surface area (TPSA) is 148 Å². The quantitative estimate of drug-likeness (QED) is 0.0846. The second kappa shape index (κ2) is 18.4. The summed E-state index contributed by atoms with van der Waals surface area (Å²) in [7, 11) is 0. The molecule has 2 rings (SSSR count). The number of anilines is 1. The summed E-state index contributed by atoms with van der Waals surface area (Å²) >= 11 is 1.17. The molecule has 0 radical (unpaired) electrons. The molecule has 1 heterocycles. The summed E-state index contributed by atoms with van der Waals surface area (Å²) in [5, 5.41) is 37.0. The molecule has 10 nitrogen and oxygen atoms in total. The van der Waals surface area contributed by atoms with Crippen molar-refractivity contribution in [2.75, 3.05) is 24.6 Å². The van der Waals surface area contributed by atoms with Gasteiger partial charge in [-0.2, -0.15) is 10.5 Å². The first kappa shape index (κ1) is 38.4. The number of hydrogen-bond donors (Lipinski definition) is 1. The number of benzene rings is 1. The Balaban J connectivity index is 2.20. The van der Waals surface area contributed by atoms with Crippen LogP contribution >= 0.6 is 11.3 Å². The van der Waals surface area contributed by atoms with Crippen LogP contribution in [-0.4, -0.2) is 47.9 Å². The third-order valence-corrected chi connectivity index (χ3v) is 9.53. The van der Waals surface area contributed by atoms with Gasteiger partial charge in [-0.1, -0.05) is 40.0 Å². The van der Waals surface area contributed by atoms with Gasteiger partial charge >= 0.3 is 11.9 Å². The van der Waals surface area contributed by atoms with E-state index in [0.29, 0.717) is 33.1 Å². The van der Waals surface area contributed by atoms with E-state index in [-0.39, 0.29) is 19.4 Å². The minimum Gasteiger partial charge on any atom is -0.481 e. The number of carboxylic acid groups (broad SMARTS) is 1. The van der Waals surface area contributed by atoms with Gasteiger partial charge in [-0.05, 0) is 82.7 Å². The fourth-order valence-electron chi connectivity index (χ4n) is 4.74. The Kier molecular flexibility index (Phi) is 15.3. The third-order valence-electron chi connectivity index (χ3n) is 8.45.